The average Bonchev–Trinajstić information content (AvgIpc) is 3.37. The Hall–Kier alpha value is -3.67. The summed E-state index contributed by atoms with van der Waals surface area (Å²) in [6.45, 7) is 0.993. The lowest BCUT2D eigenvalue weighted by Crippen LogP contribution is -2.52. The summed E-state index contributed by atoms with van der Waals surface area (Å²) in [6, 6.07) is 11.2. The van der Waals surface area contributed by atoms with E-state index in [0.29, 0.717) is 11.3 Å². The molecule has 2 amide bonds. The van der Waals surface area contributed by atoms with Crippen LogP contribution in [0.3, 0.4) is 0 Å². The molecule has 3 rings (SSSR count). The van der Waals surface area contributed by atoms with Gasteiger partial charge in [-0.3, -0.25) is 24.0 Å². The molecule has 1 aliphatic rings. The van der Waals surface area contributed by atoms with Crippen LogP contribution in [0.25, 0.3) is 0 Å². The molecule has 1 fully saturated rings. The highest BCUT2D eigenvalue weighted by atomic mass is 32.2. The summed E-state index contributed by atoms with van der Waals surface area (Å²) in [5.74, 6) is -0.388. The van der Waals surface area contributed by atoms with Gasteiger partial charge >= 0.3 is 0 Å². The zero-order valence-electron chi connectivity index (χ0n) is 21.1. The van der Waals surface area contributed by atoms with Crippen LogP contribution in [-0.2, 0) is 26.2 Å². The highest BCUT2D eigenvalue weighted by molar-refractivity contribution is 7.92. The first-order valence-corrected chi connectivity index (χ1v) is 13.8. The third-order valence-corrected chi connectivity index (χ3v) is 7.50. The van der Waals surface area contributed by atoms with Crippen molar-refractivity contribution in [2.45, 2.75) is 51.2 Å². The van der Waals surface area contributed by atoms with Crippen LogP contribution in [-0.4, -0.2) is 62.0 Å². The zero-order valence-corrected chi connectivity index (χ0v) is 21.9. The molecule has 12 heteroatoms. The van der Waals surface area contributed by atoms with Gasteiger partial charge in [0.25, 0.3) is 5.69 Å². The summed E-state index contributed by atoms with van der Waals surface area (Å²) in [7, 11) is -2.48. The molecular formula is C25H32N4O7S. The fraction of sp³-hybridized carbons (Fsp3) is 0.440. The van der Waals surface area contributed by atoms with Gasteiger partial charge in [0.2, 0.25) is 21.8 Å². The Kier molecular flexibility index (Phi) is 9.09. The van der Waals surface area contributed by atoms with Crippen molar-refractivity contribution in [1.29, 1.82) is 0 Å². The maximum Gasteiger partial charge on any atom is 0.271 e. The van der Waals surface area contributed by atoms with Crippen molar-refractivity contribution in [2.75, 3.05) is 24.2 Å². The number of anilines is 1. The minimum Gasteiger partial charge on any atom is -0.497 e. The minimum absolute atomic E-state index is 0.0190. The van der Waals surface area contributed by atoms with Gasteiger partial charge in [-0.2, -0.15) is 0 Å². The Morgan fingerprint density at radius 2 is 1.84 bits per heavy atom. The number of ether oxygens (including phenoxy) is 1. The van der Waals surface area contributed by atoms with Crippen molar-refractivity contribution in [3.05, 3.63) is 64.2 Å². The van der Waals surface area contributed by atoms with E-state index >= 15 is 0 Å². The third-order valence-electron chi connectivity index (χ3n) is 6.36. The van der Waals surface area contributed by atoms with Crippen molar-refractivity contribution >= 4 is 33.2 Å². The quantitative estimate of drug-likeness (QED) is 0.347. The first-order chi connectivity index (χ1) is 17.5. The number of benzene rings is 2. The number of sulfonamides is 1. The normalized spacial score (nSPS) is 14.6. The van der Waals surface area contributed by atoms with Crippen LogP contribution in [0.15, 0.2) is 48.5 Å². The summed E-state index contributed by atoms with van der Waals surface area (Å²) >= 11 is 0. The van der Waals surface area contributed by atoms with E-state index < -0.39 is 33.4 Å². The lowest BCUT2D eigenvalue weighted by molar-refractivity contribution is -0.384. The molecule has 1 atom stereocenters. The number of amides is 2. The maximum absolute atomic E-state index is 13.6. The Balaban J connectivity index is 1.92. The Morgan fingerprint density at radius 1 is 1.16 bits per heavy atom. The highest BCUT2D eigenvalue weighted by Gasteiger charge is 2.31. The van der Waals surface area contributed by atoms with E-state index in [1.54, 1.807) is 31.2 Å². The number of hydrogen-bond acceptors (Lipinski definition) is 7. The summed E-state index contributed by atoms with van der Waals surface area (Å²) in [4.78, 5) is 38.6. The average molecular weight is 533 g/mol. The molecule has 1 N–H and O–H groups in total. The molecule has 0 aliphatic heterocycles. The van der Waals surface area contributed by atoms with Crippen LogP contribution in [0, 0.1) is 10.1 Å². The molecule has 2 aromatic carbocycles. The van der Waals surface area contributed by atoms with E-state index in [9.17, 15) is 28.1 Å². The molecule has 1 saturated carbocycles. The monoisotopic (exact) mass is 532 g/mol. The molecule has 200 valence electrons. The lowest BCUT2D eigenvalue weighted by Gasteiger charge is -2.32. The summed E-state index contributed by atoms with van der Waals surface area (Å²) in [5.41, 5.74) is 0.361. The van der Waals surface area contributed by atoms with Gasteiger partial charge in [-0.1, -0.05) is 31.0 Å². The van der Waals surface area contributed by atoms with Crippen LogP contribution >= 0.6 is 0 Å². The van der Waals surface area contributed by atoms with Crippen molar-refractivity contribution < 1.29 is 27.7 Å². The molecular weight excluding hydrogens is 500 g/mol. The Labute approximate surface area is 216 Å². The number of carbonyl (C=O) groups excluding carboxylic acids is 2. The number of non-ortho nitro benzene ring substituents is 1. The molecule has 0 spiro atoms. The number of nitrogens with zero attached hydrogens (tertiary/aromatic N) is 3. The van der Waals surface area contributed by atoms with Crippen molar-refractivity contribution in [3.63, 3.8) is 0 Å². The van der Waals surface area contributed by atoms with E-state index in [4.69, 9.17) is 4.74 Å². The molecule has 0 saturated heterocycles. The molecule has 0 heterocycles. The number of nitro benzene ring substituents is 1. The second-order valence-corrected chi connectivity index (χ2v) is 11.0. The van der Waals surface area contributed by atoms with E-state index in [0.717, 1.165) is 42.3 Å². The summed E-state index contributed by atoms with van der Waals surface area (Å²) in [6.07, 6.45) is 4.71. The molecule has 0 radical (unpaired) electrons. The Morgan fingerprint density at radius 3 is 2.46 bits per heavy atom. The third kappa shape index (κ3) is 7.42. The smallest absolute Gasteiger partial charge is 0.271 e. The Bertz CT molecular complexity index is 1250. The van der Waals surface area contributed by atoms with Gasteiger partial charge in [-0.25, -0.2) is 8.42 Å². The molecule has 0 aromatic heterocycles. The van der Waals surface area contributed by atoms with E-state index in [1.807, 2.05) is 0 Å². The van der Waals surface area contributed by atoms with E-state index in [-0.39, 0.29) is 29.9 Å². The summed E-state index contributed by atoms with van der Waals surface area (Å²) < 4.78 is 31.3. The maximum atomic E-state index is 13.6. The van der Waals surface area contributed by atoms with Crippen LogP contribution in [0.4, 0.5) is 11.4 Å². The number of nitrogens with one attached hydrogen (secondary N) is 1. The number of hydrogen-bond donors (Lipinski definition) is 1. The van der Waals surface area contributed by atoms with Crippen molar-refractivity contribution in [3.8, 4) is 5.75 Å². The molecule has 0 bridgehead atoms. The largest absolute Gasteiger partial charge is 0.497 e. The van der Waals surface area contributed by atoms with Gasteiger partial charge < -0.3 is 15.0 Å². The first-order valence-electron chi connectivity index (χ1n) is 11.9. The van der Waals surface area contributed by atoms with Crippen LogP contribution < -0.4 is 14.4 Å². The van der Waals surface area contributed by atoms with Crippen LogP contribution in [0.2, 0.25) is 0 Å². The minimum atomic E-state index is -3.99. The van der Waals surface area contributed by atoms with E-state index in [2.05, 4.69) is 5.32 Å². The van der Waals surface area contributed by atoms with Gasteiger partial charge in [0, 0.05) is 24.7 Å². The molecule has 2 aromatic rings. The molecule has 0 unspecified atom stereocenters. The molecule has 1 aliphatic carbocycles. The SMILES string of the molecule is COc1cccc(CN(C(=O)CN(c2cccc([N+](=O)[O-])c2)S(C)(=O)=O)[C@H](C)C(=O)NC2CCCC2)c1. The standard InChI is InChI=1S/C25H32N4O7S/c1-18(25(31)26-20-9-4-5-10-20)27(16-19-8-6-13-23(14-19)36-2)24(30)17-28(37(3,34)35)21-11-7-12-22(15-21)29(32)33/h6-8,11-15,18,20H,4-5,9-10,16-17H2,1-3H3,(H,26,31)/t18-/m1/s1. The molecule has 37 heavy (non-hydrogen) atoms. The van der Waals surface area contributed by atoms with Gasteiger partial charge in [-0.15, -0.1) is 0 Å². The van der Waals surface area contributed by atoms with Gasteiger partial charge in [0.05, 0.1) is 24.0 Å². The number of carbonyl (C=O) groups is 2. The van der Waals surface area contributed by atoms with Gasteiger partial charge in [0.15, 0.2) is 0 Å². The van der Waals surface area contributed by atoms with E-state index in [1.165, 1.54) is 30.2 Å². The number of nitro groups is 1. The van der Waals surface area contributed by atoms with Gasteiger partial charge in [0.1, 0.15) is 18.3 Å². The highest BCUT2D eigenvalue weighted by Crippen LogP contribution is 2.24. The fourth-order valence-electron chi connectivity index (χ4n) is 4.32. The van der Waals surface area contributed by atoms with Crippen LogP contribution in [0.1, 0.15) is 38.2 Å². The zero-order chi connectivity index (χ0) is 27.2. The lowest BCUT2D eigenvalue weighted by atomic mass is 10.1. The van der Waals surface area contributed by atoms with Crippen molar-refractivity contribution in [2.24, 2.45) is 0 Å². The van der Waals surface area contributed by atoms with Crippen LogP contribution in [0.5, 0.6) is 5.75 Å². The number of rotatable bonds is 11. The van der Waals surface area contributed by atoms with Crippen molar-refractivity contribution in [1.82, 2.24) is 10.2 Å². The number of methoxy groups -OCH3 is 1. The predicted octanol–water partition coefficient (Wildman–Crippen LogP) is 2.85. The summed E-state index contributed by atoms with van der Waals surface area (Å²) in [5, 5.41) is 14.2. The molecule has 11 nitrogen and oxygen atoms in total. The van der Waals surface area contributed by atoms with Gasteiger partial charge in [-0.05, 0) is 43.5 Å². The second kappa shape index (κ2) is 12.0. The second-order valence-electron chi connectivity index (χ2n) is 9.09. The fourth-order valence-corrected chi connectivity index (χ4v) is 5.16. The predicted molar refractivity (Wildman–Crippen MR) is 139 cm³/mol. The first kappa shape index (κ1) is 27.9. The topological polar surface area (TPSA) is 139 Å².